The Labute approximate surface area is 77.5 Å². The Morgan fingerprint density at radius 1 is 1.15 bits per heavy atom. The molecule has 0 amide bonds. The van der Waals surface area contributed by atoms with Gasteiger partial charge in [-0.3, -0.25) is 0 Å². The topological polar surface area (TPSA) is 235 Å². The molecule has 13 heavy (non-hydrogen) atoms. The number of phosphoric acid groups is 1. The van der Waals surface area contributed by atoms with Crippen LogP contribution in [-0.2, 0) is 4.57 Å². The van der Waals surface area contributed by atoms with Gasteiger partial charge in [0, 0.05) is 0 Å². The van der Waals surface area contributed by atoms with Gasteiger partial charge in [0.15, 0.2) is 0 Å². The van der Waals surface area contributed by atoms with E-state index in [1.807, 2.05) is 6.92 Å². The van der Waals surface area contributed by atoms with Gasteiger partial charge in [-0.15, -0.1) is 0 Å². The molecule has 0 heterocycles. The maximum absolute atomic E-state index is 8.88. The SMILES string of the molecule is CCC(N)N.N.N.N.O=P(O)(O)O. The summed E-state index contributed by atoms with van der Waals surface area (Å²) in [5, 5.41) is 0. The first-order chi connectivity index (χ1) is 4.27. The van der Waals surface area contributed by atoms with Gasteiger partial charge in [0.1, 0.15) is 0 Å². The van der Waals surface area contributed by atoms with Crippen molar-refractivity contribution in [1.29, 1.82) is 0 Å². The van der Waals surface area contributed by atoms with Crippen molar-refractivity contribution in [2.45, 2.75) is 19.5 Å². The maximum atomic E-state index is 8.88. The second-order valence-corrected chi connectivity index (χ2v) is 2.61. The fourth-order valence-electron chi connectivity index (χ4n) is 0. The highest BCUT2D eigenvalue weighted by Gasteiger charge is 2.00. The van der Waals surface area contributed by atoms with E-state index in [2.05, 4.69) is 0 Å². The second kappa shape index (κ2) is 14.4. The van der Waals surface area contributed by atoms with Gasteiger partial charge in [0.25, 0.3) is 0 Å². The fraction of sp³-hybridized carbons (Fsp3) is 1.00. The lowest BCUT2D eigenvalue weighted by Crippen LogP contribution is -2.28. The van der Waals surface area contributed by atoms with E-state index in [0.29, 0.717) is 0 Å². The van der Waals surface area contributed by atoms with Crippen molar-refractivity contribution in [2.75, 3.05) is 0 Å². The Hall–Kier alpha value is -0.0900. The molecule has 9 nitrogen and oxygen atoms in total. The van der Waals surface area contributed by atoms with E-state index >= 15 is 0 Å². The van der Waals surface area contributed by atoms with Gasteiger partial charge in [-0.25, -0.2) is 4.57 Å². The average Bonchev–Trinajstić information content (AvgIpc) is 1.61. The monoisotopic (exact) mass is 223 g/mol. The van der Waals surface area contributed by atoms with Crippen LogP contribution in [0, 0.1) is 0 Å². The molecule has 0 atom stereocenters. The molecule has 0 rings (SSSR count). The van der Waals surface area contributed by atoms with Crippen LogP contribution in [0.1, 0.15) is 13.3 Å². The highest BCUT2D eigenvalue weighted by atomic mass is 31.2. The van der Waals surface area contributed by atoms with E-state index in [4.69, 9.17) is 30.7 Å². The second-order valence-electron chi connectivity index (χ2n) is 1.59. The third-order valence-corrected chi connectivity index (χ3v) is 0.471. The van der Waals surface area contributed by atoms with Crippen LogP contribution in [0.25, 0.3) is 0 Å². The zero-order chi connectivity index (χ0) is 8.78. The zero-order valence-corrected chi connectivity index (χ0v) is 8.65. The summed E-state index contributed by atoms with van der Waals surface area (Å²) in [6, 6.07) is 0. The summed E-state index contributed by atoms with van der Waals surface area (Å²) in [4.78, 5) is 21.6. The predicted octanol–water partition coefficient (Wildman–Crippen LogP) is -0.803. The summed E-state index contributed by atoms with van der Waals surface area (Å²) in [6.07, 6.45) is 0.745. The zero-order valence-electron chi connectivity index (χ0n) is 7.76. The highest BCUT2D eigenvalue weighted by molar-refractivity contribution is 7.45. The molecule has 0 aliphatic heterocycles. The first-order valence-corrected chi connectivity index (χ1v) is 4.13. The average molecular weight is 223 g/mol. The van der Waals surface area contributed by atoms with Crippen molar-refractivity contribution < 1.29 is 19.2 Å². The minimum Gasteiger partial charge on any atom is -0.344 e. The molecule has 0 saturated carbocycles. The third-order valence-electron chi connectivity index (χ3n) is 0.471. The number of nitrogens with two attached hydrogens (primary N) is 2. The van der Waals surface area contributed by atoms with Crippen molar-refractivity contribution in [1.82, 2.24) is 18.5 Å². The normalized spacial score (nSPS) is 8.23. The van der Waals surface area contributed by atoms with Crippen LogP contribution in [0.2, 0.25) is 0 Å². The summed E-state index contributed by atoms with van der Waals surface area (Å²) in [7, 11) is -4.64. The van der Waals surface area contributed by atoms with E-state index in [1.165, 1.54) is 0 Å². The van der Waals surface area contributed by atoms with E-state index in [0.717, 1.165) is 6.42 Å². The molecular weight excluding hydrogens is 201 g/mol. The number of hydrogen-bond acceptors (Lipinski definition) is 6. The molecule has 16 N–H and O–H groups in total. The molecule has 0 bridgehead atoms. The smallest absolute Gasteiger partial charge is 0.344 e. The summed E-state index contributed by atoms with van der Waals surface area (Å²) < 4.78 is 8.88. The van der Waals surface area contributed by atoms with Crippen LogP contribution in [0.5, 0.6) is 0 Å². The molecule has 0 saturated heterocycles. The first kappa shape index (κ1) is 29.3. The predicted molar refractivity (Wildman–Crippen MR) is 51.8 cm³/mol. The standard InChI is InChI=1S/C3H10N2.3H3N.H3O4P/c1-2-3(4)5;;;;1-5(2,3)4/h3H,2,4-5H2,1H3;3*1H3;(H3,1,2,3,4). The number of hydrogen-bond donors (Lipinski definition) is 8. The van der Waals surface area contributed by atoms with Crippen LogP contribution in [0.15, 0.2) is 0 Å². The lowest BCUT2D eigenvalue weighted by atomic mass is 10.4. The van der Waals surface area contributed by atoms with Crippen LogP contribution in [0.3, 0.4) is 0 Å². The van der Waals surface area contributed by atoms with Gasteiger partial charge in [0.05, 0.1) is 6.17 Å². The van der Waals surface area contributed by atoms with E-state index < -0.39 is 7.82 Å². The van der Waals surface area contributed by atoms with Crippen molar-refractivity contribution in [3.63, 3.8) is 0 Å². The lowest BCUT2D eigenvalue weighted by Gasteiger charge is -1.92. The van der Waals surface area contributed by atoms with Crippen LogP contribution in [-0.4, -0.2) is 20.8 Å². The maximum Gasteiger partial charge on any atom is 0.466 e. The van der Waals surface area contributed by atoms with Gasteiger partial charge in [-0.2, -0.15) is 0 Å². The van der Waals surface area contributed by atoms with Crippen LogP contribution < -0.4 is 29.9 Å². The molecule has 0 unspecified atom stereocenters. The van der Waals surface area contributed by atoms with E-state index in [-0.39, 0.29) is 24.6 Å². The summed E-state index contributed by atoms with van der Waals surface area (Å²) in [5.74, 6) is 0. The third kappa shape index (κ3) is 321. The molecule has 0 aromatic carbocycles. The van der Waals surface area contributed by atoms with Gasteiger partial charge in [-0.05, 0) is 6.42 Å². The summed E-state index contributed by atoms with van der Waals surface area (Å²) in [5.41, 5.74) is 10.1. The molecule has 0 fully saturated rings. The van der Waals surface area contributed by atoms with E-state index in [9.17, 15) is 0 Å². The molecule has 0 radical (unpaired) electrons. The summed E-state index contributed by atoms with van der Waals surface area (Å²) >= 11 is 0. The Bertz CT molecular complexity index is 108. The first-order valence-electron chi connectivity index (χ1n) is 2.56. The summed E-state index contributed by atoms with van der Waals surface area (Å²) in [6.45, 7) is 1.95. The highest BCUT2D eigenvalue weighted by Crippen LogP contribution is 2.25. The van der Waals surface area contributed by atoms with Crippen molar-refractivity contribution >= 4 is 7.82 Å². The van der Waals surface area contributed by atoms with Gasteiger partial charge >= 0.3 is 7.82 Å². The molecular formula is C3H22N5O4P. The Kier molecular flexibility index (Phi) is 32.5. The Morgan fingerprint density at radius 2 is 1.23 bits per heavy atom. The molecule has 0 aliphatic carbocycles. The van der Waals surface area contributed by atoms with Crippen molar-refractivity contribution in [3.05, 3.63) is 0 Å². The molecule has 0 aliphatic rings. The Morgan fingerprint density at radius 3 is 1.23 bits per heavy atom. The van der Waals surface area contributed by atoms with Gasteiger partial charge in [0.2, 0.25) is 0 Å². The molecule has 88 valence electrons. The number of rotatable bonds is 1. The Balaban J connectivity index is -0.0000000267. The molecule has 0 aromatic rings. The largest absolute Gasteiger partial charge is 0.466 e. The van der Waals surface area contributed by atoms with Gasteiger partial charge < -0.3 is 44.6 Å². The van der Waals surface area contributed by atoms with Crippen molar-refractivity contribution in [2.24, 2.45) is 11.5 Å². The van der Waals surface area contributed by atoms with Gasteiger partial charge in [-0.1, -0.05) is 6.92 Å². The van der Waals surface area contributed by atoms with Crippen molar-refractivity contribution in [3.8, 4) is 0 Å². The lowest BCUT2D eigenvalue weighted by molar-refractivity contribution is 0.275. The minimum absolute atomic E-state index is 0. The molecule has 10 heteroatoms. The molecule has 0 aromatic heterocycles. The minimum atomic E-state index is -4.64. The van der Waals surface area contributed by atoms with Crippen LogP contribution in [0.4, 0.5) is 0 Å². The fourth-order valence-corrected chi connectivity index (χ4v) is 0. The van der Waals surface area contributed by atoms with Crippen LogP contribution >= 0.6 is 7.82 Å². The quantitative estimate of drug-likeness (QED) is 0.204. The van der Waals surface area contributed by atoms with E-state index in [1.54, 1.807) is 0 Å². The molecule has 0 spiro atoms.